The number of carboxylic acids is 1. The van der Waals surface area contributed by atoms with Crippen molar-refractivity contribution in [3.63, 3.8) is 0 Å². The lowest BCUT2D eigenvalue weighted by Crippen LogP contribution is -2.68. The van der Waals surface area contributed by atoms with Crippen molar-refractivity contribution in [2.75, 3.05) is 37.8 Å². The quantitative estimate of drug-likeness (QED) is 0.628. The highest BCUT2D eigenvalue weighted by atomic mass is 16.6. The molecular weight excluding hydrogens is 438 g/mol. The molecule has 0 radical (unpaired) electrons. The Morgan fingerprint density at radius 2 is 2.18 bits per heavy atom. The van der Waals surface area contributed by atoms with Crippen LogP contribution in [0.4, 0.5) is 5.69 Å². The number of aromatic nitrogens is 3. The zero-order chi connectivity index (χ0) is 23.9. The fourth-order valence-electron chi connectivity index (χ4n) is 4.71. The van der Waals surface area contributed by atoms with Gasteiger partial charge >= 0.3 is 5.97 Å². The number of pyridine rings is 1. The maximum atomic E-state index is 11.3. The Morgan fingerprint density at radius 1 is 1.35 bits per heavy atom. The highest BCUT2D eigenvalue weighted by Crippen LogP contribution is 2.38. The molecule has 2 aromatic heterocycles. The van der Waals surface area contributed by atoms with Crippen LogP contribution in [-0.4, -0.2) is 82.5 Å². The minimum atomic E-state index is -0.871. The van der Waals surface area contributed by atoms with Crippen LogP contribution in [0.1, 0.15) is 30.2 Å². The van der Waals surface area contributed by atoms with Crippen molar-refractivity contribution in [1.82, 2.24) is 20.1 Å². The van der Waals surface area contributed by atoms with E-state index in [4.69, 9.17) is 14.2 Å². The Labute approximate surface area is 198 Å². The number of nitrogens with zero attached hydrogens (tertiary/aromatic N) is 4. The number of anilines is 1. The van der Waals surface area contributed by atoms with Crippen LogP contribution >= 0.6 is 0 Å². The SMILES string of the molecule is Cc1cnn(C)c1C#Cc1cnc(O[C@@H]2CN[C@H](C(=O)O)C2)c(N2CCOC3(COC3)[C@@H]2C)c1. The van der Waals surface area contributed by atoms with Gasteiger partial charge in [0.05, 0.1) is 32.1 Å². The summed E-state index contributed by atoms with van der Waals surface area (Å²) < 4.78 is 19.6. The fourth-order valence-corrected chi connectivity index (χ4v) is 4.71. The largest absolute Gasteiger partial charge is 0.480 e. The predicted molar refractivity (Wildman–Crippen MR) is 123 cm³/mol. The zero-order valence-electron chi connectivity index (χ0n) is 19.6. The molecule has 3 aliphatic rings. The lowest BCUT2D eigenvalue weighted by atomic mass is 9.90. The van der Waals surface area contributed by atoms with E-state index in [1.165, 1.54) is 0 Å². The molecule has 1 spiro atoms. The van der Waals surface area contributed by atoms with Crippen LogP contribution in [0.25, 0.3) is 0 Å². The van der Waals surface area contributed by atoms with Crippen molar-refractivity contribution in [2.24, 2.45) is 7.05 Å². The molecule has 0 unspecified atom stereocenters. The van der Waals surface area contributed by atoms with Crippen molar-refractivity contribution in [1.29, 1.82) is 0 Å². The summed E-state index contributed by atoms with van der Waals surface area (Å²) in [6.45, 7) is 6.92. The van der Waals surface area contributed by atoms with E-state index in [1.54, 1.807) is 17.1 Å². The number of hydrogen-bond acceptors (Lipinski definition) is 8. The maximum Gasteiger partial charge on any atom is 0.320 e. The molecule has 180 valence electrons. The van der Waals surface area contributed by atoms with Crippen LogP contribution in [0.5, 0.6) is 5.88 Å². The molecule has 10 heteroatoms. The third kappa shape index (κ3) is 4.11. The zero-order valence-corrected chi connectivity index (χ0v) is 19.6. The number of nitrogens with one attached hydrogen (secondary N) is 1. The molecule has 3 atom stereocenters. The Kier molecular flexibility index (Phi) is 5.93. The highest BCUT2D eigenvalue weighted by Gasteiger charge is 2.50. The lowest BCUT2D eigenvalue weighted by molar-refractivity contribution is -0.228. The van der Waals surface area contributed by atoms with Crippen molar-refractivity contribution in [3.8, 4) is 17.7 Å². The Hall–Kier alpha value is -3.13. The van der Waals surface area contributed by atoms with Gasteiger partial charge in [-0.15, -0.1) is 0 Å². The van der Waals surface area contributed by atoms with Crippen molar-refractivity contribution in [3.05, 3.63) is 35.3 Å². The van der Waals surface area contributed by atoms with E-state index in [-0.39, 0.29) is 17.7 Å². The van der Waals surface area contributed by atoms with Crippen LogP contribution in [0.15, 0.2) is 18.5 Å². The van der Waals surface area contributed by atoms with Gasteiger partial charge in [-0.3, -0.25) is 9.48 Å². The molecule has 0 saturated carbocycles. The number of aryl methyl sites for hydroxylation is 2. The third-order valence-corrected chi connectivity index (χ3v) is 6.90. The third-order valence-electron chi connectivity index (χ3n) is 6.90. The number of ether oxygens (including phenoxy) is 3. The first-order chi connectivity index (χ1) is 16.4. The molecule has 0 amide bonds. The topological polar surface area (TPSA) is 111 Å². The Balaban J connectivity index is 1.47. The minimum Gasteiger partial charge on any atom is -0.480 e. The monoisotopic (exact) mass is 467 g/mol. The molecule has 5 rings (SSSR count). The van der Waals surface area contributed by atoms with Gasteiger partial charge in [0.25, 0.3) is 0 Å². The van der Waals surface area contributed by atoms with E-state index < -0.39 is 12.0 Å². The maximum absolute atomic E-state index is 11.3. The van der Waals surface area contributed by atoms with Crippen molar-refractivity contribution in [2.45, 2.75) is 44.1 Å². The van der Waals surface area contributed by atoms with Gasteiger partial charge in [0.2, 0.25) is 5.88 Å². The molecule has 0 aromatic carbocycles. The van der Waals surface area contributed by atoms with Gasteiger partial charge in [-0.05, 0) is 25.8 Å². The van der Waals surface area contributed by atoms with Crippen LogP contribution in [0.3, 0.4) is 0 Å². The normalized spacial score (nSPS) is 25.5. The van der Waals surface area contributed by atoms with Gasteiger partial charge in [-0.1, -0.05) is 5.92 Å². The summed E-state index contributed by atoms with van der Waals surface area (Å²) in [5, 5.41) is 16.5. The molecular formula is C24H29N5O5. The van der Waals surface area contributed by atoms with E-state index in [9.17, 15) is 9.90 Å². The number of rotatable bonds is 4. The smallest absolute Gasteiger partial charge is 0.320 e. The van der Waals surface area contributed by atoms with E-state index in [0.29, 0.717) is 45.2 Å². The van der Waals surface area contributed by atoms with Crippen LogP contribution in [-0.2, 0) is 21.3 Å². The van der Waals surface area contributed by atoms with Crippen LogP contribution < -0.4 is 15.0 Å². The molecule has 0 bridgehead atoms. The number of aliphatic carboxylic acids is 1. The first-order valence-electron chi connectivity index (χ1n) is 11.5. The second-order valence-electron chi connectivity index (χ2n) is 9.15. The van der Waals surface area contributed by atoms with E-state index in [0.717, 1.165) is 22.5 Å². The fraction of sp³-hybridized carbons (Fsp3) is 0.542. The van der Waals surface area contributed by atoms with E-state index in [1.807, 2.05) is 20.0 Å². The molecule has 3 saturated heterocycles. The second-order valence-corrected chi connectivity index (χ2v) is 9.15. The van der Waals surface area contributed by atoms with Crippen molar-refractivity contribution >= 4 is 11.7 Å². The Morgan fingerprint density at radius 3 is 2.82 bits per heavy atom. The van der Waals surface area contributed by atoms with Gasteiger partial charge in [0.15, 0.2) is 0 Å². The van der Waals surface area contributed by atoms with Crippen molar-refractivity contribution < 1.29 is 24.1 Å². The second kappa shape index (κ2) is 8.91. The number of hydrogen-bond donors (Lipinski definition) is 2. The molecule has 5 heterocycles. The summed E-state index contributed by atoms with van der Waals surface area (Å²) >= 11 is 0. The van der Waals surface area contributed by atoms with Gasteiger partial charge < -0.3 is 29.5 Å². The van der Waals surface area contributed by atoms with E-state index in [2.05, 4.69) is 39.1 Å². The standard InChI is InChI=1S/C24H29N5O5/c1-15-10-27-28(3)20(15)5-4-17-8-21(29-6-7-33-24(16(29)2)13-32-14-24)22(26-11-17)34-18-9-19(23(30)31)25-12-18/h8,10-11,16,18-19,25H,6-7,9,12-14H2,1-3H3,(H,30,31)/t16-,18-,19-/m0/s1. The minimum absolute atomic E-state index is 0.0511. The molecule has 0 aliphatic carbocycles. The van der Waals surface area contributed by atoms with Gasteiger partial charge in [-0.2, -0.15) is 5.10 Å². The average Bonchev–Trinajstić information content (AvgIpc) is 3.39. The molecule has 3 aliphatic heterocycles. The van der Waals surface area contributed by atoms with Crippen LogP contribution in [0.2, 0.25) is 0 Å². The summed E-state index contributed by atoms with van der Waals surface area (Å²) in [5.74, 6) is 6.02. The molecule has 10 nitrogen and oxygen atoms in total. The number of carboxylic acid groups (broad SMARTS) is 1. The van der Waals surface area contributed by atoms with E-state index >= 15 is 0 Å². The van der Waals surface area contributed by atoms with Gasteiger partial charge in [0, 0.05) is 43.9 Å². The van der Waals surface area contributed by atoms with Crippen LogP contribution in [0, 0.1) is 18.8 Å². The summed E-state index contributed by atoms with van der Waals surface area (Å²) in [7, 11) is 1.87. The highest BCUT2D eigenvalue weighted by molar-refractivity contribution is 5.74. The van der Waals surface area contributed by atoms with Gasteiger partial charge in [0.1, 0.15) is 29.1 Å². The average molecular weight is 468 g/mol. The number of carbonyl (C=O) groups is 1. The van der Waals surface area contributed by atoms with Gasteiger partial charge in [-0.25, -0.2) is 4.98 Å². The number of morpholine rings is 1. The molecule has 2 N–H and O–H groups in total. The summed E-state index contributed by atoms with van der Waals surface area (Å²) in [5.41, 5.74) is 3.11. The first kappa shape index (κ1) is 22.7. The molecule has 2 aromatic rings. The summed E-state index contributed by atoms with van der Waals surface area (Å²) in [6.07, 6.45) is 3.59. The molecule has 34 heavy (non-hydrogen) atoms. The predicted octanol–water partition coefficient (Wildman–Crippen LogP) is 0.711. The Bertz CT molecular complexity index is 1130. The molecule has 3 fully saturated rings. The summed E-state index contributed by atoms with van der Waals surface area (Å²) in [6, 6.07) is 1.43. The first-order valence-corrected chi connectivity index (χ1v) is 11.5. The lowest BCUT2D eigenvalue weighted by Gasteiger charge is -2.53. The summed E-state index contributed by atoms with van der Waals surface area (Å²) in [4.78, 5) is 18.2.